The number of ether oxygens (including phenoxy) is 3. The third-order valence-electron chi connectivity index (χ3n) is 7.03. The Morgan fingerprint density at radius 1 is 0.977 bits per heavy atom. The molecule has 0 bridgehead atoms. The fourth-order valence-electron chi connectivity index (χ4n) is 4.52. The summed E-state index contributed by atoms with van der Waals surface area (Å²) in [6, 6.07) is 15.2. The Bertz CT molecular complexity index is 1800. The lowest BCUT2D eigenvalue weighted by Crippen LogP contribution is -2.15. The molecular formula is C33H25Cl3N2O6. The third kappa shape index (κ3) is 6.97. The fraction of sp³-hybridized carbons (Fsp3) is 0.242. The van der Waals surface area contributed by atoms with E-state index < -0.39 is 12.1 Å². The van der Waals surface area contributed by atoms with Gasteiger partial charge in [0.1, 0.15) is 29.9 Å². The zero-order valence-corrected chi connectivity index (χ0v) is 25.7. The zero-order chi connectivity index (χ0) is 30.8. The lowest BCUT2D eigenvalue weighted by molar-refractivity contribution is 0.0600. The molecule has 1 aromatic heterocycles. The molecule has 6 rings (SSSR count). The summed E-state index contributed by atoms with van der Waals surface area (Å²) in [7, 11) is 1.28. The highest BCUT2D eigenvalue weighted by Gasteiger charge is 2.33. The first-order valence-corrected chi connectivity index (χ1v) is 15.0. The topological polar surface area (TPSA) is 99.9 Å². The highest BCUT2D eigenvalue weighted by Crippen LogP contribution is 2.46. The van der Waals surface area contributed by atoms with E-state index in [-0.39, 0.29) is 24.2 Å². The molecular weight excluding hydrogens is 627 g/mol. The highest BCUT2D eigenvalue weighted by atomic mass is 35.5. The van der Waals surface area contributed by atoms with Crippen LogP contribution in [0.25, 0.3) is 11.3 Å². The molecule has 0 spiro atoms. The van der Waals surface area contributed by atoms with Gasteiger partial charge in [-0.1, -0.05) is 57.9 Å². The van der Waals surface area contributed by atoms with Gasteiger partial charge in [-0.3, -0.25) is 5.32 Å². The maximum Gasteiger partial charge on any atom is 0.411 e. The molecule has 0 atom stereocenters. The number of amides is 1. The fourth-order valence-corrected chi connectivity index (χ4v) is 5.32. The van der Waals surface area contributed by atoms with E-state index in [4.69, 9.17) is 53.5 Å². The Kier molecular flexibility index (Phi) is 8.72. The van der Waals surface area contributed by atoms with Crippen molar-refractivity contribution in [1.82, 2.24) is 5.16 Å². The Morgan fingerprint density at radius 3 is 2.43 bits per heavy atom. The SMILES string of the molecule is COC(=O)c1cc(C#Cc2ccc(OCc3c(-c4c(Cl)cccc4Cl)noc3C3CC3)cc2Cl)cc(NC(=O)OC2CC2)c1. The molecule has 224 valence electrons. The Morgan fingerprint density at radius 2 is 1.75 bits per heavy atom. The molecule has 2 saturated carbocycles. The molecule has 2 aliphatic carbocycles. The van der Waals surface area contributed by atoms with Gasteiger partial charge < -0.3 is 18.7 Å². The van der Waals surface area contributed by atoms with Gasteiger partial charge in [-0.15, -0.1) is 0 Å². The second kappa shape index (κ2) is 12.8. The predicted molar refractivity (Wildman–Crippen MR) is 167 cm³/mol. The van der Waals surface area contributed by atoms with E-state index in [0.717, 1.165) is 37.0 Å². The number of carbonyl (C=O) groups excluding carboxylic acids is 2. The van der Waals surface area contributed by atoms with Crippen LogP contribution < -0.4 is 10.1 Å². The van der Waals surface area contributed by atoms with Crippen molar-refractivity contribution in [3.63, 3.8) is 0 Å². The number of esters is 1. The van der Waals surface area contributed by atoms with Crippen molar-refractivity contribution in [2.75, 3.05) is 12.4 Å². The second-order valence-corrected chi connectivity index (χ2v) is 11.7. The van der Waals surface area contributed by atoms with Crippen molar-refractivity contribution in [1.29, 1.82) is 0 Å². The van der Waals surface area contributed by atoms with Crippen molar-refractivity contribution < 1.29 is 28.3 Å². The Balaban J connectivity index is 1.21. The van der Waals surface area contributed by atoms with Crippen LogP contribution in [0.5, 0.6) is 5.75 Å². The number of carbonyl (C=O) groups is 2. The van der Waals surface area contributed by atoms with E-state index in [0.29, 0.717) is 48.9 Å². The number of anilines is 1. The minimum absolute atomic E-state index is 0.0633. The van der Waals surface area contributed by atoms with Gasteiger partial charge in [-0.05, 0) is 68.1 Å². The molecule has 4 aromatic rings. The van der Waals surface area contributed by atoms with Gasteiger partial charge in [0.25, 0.3) is 0 Å². The van der Waals surface area contributed by atoms with E-state index in [1.165, 1.54) is 13.2 Å². The highest BCUT2D eigenvalue weighted by molar-refractivity contribution is 6.39. The molecule has 3 aromatic carbocycles. The first-order chi connectivity index (χ1) is 21.3. The summed E-state index contributed by atoms with van der Waals surface area (Å²) < 4.78 is 21.9. The van der Waals surface area contributed by atoms with Crippen LogP contribution in [0.1, 0.15) is 64.4 Å². The van der Waals surface area contributed by atoms with E-state index >= 15 is 0 Å². The first-order valence-electron chi connectivity index (χ1n) is 13.9. The largest absolute Gasteiger partial charge is 0.489 e. The quantitative estimate of drug-likeness (QED) is 0.150. The first kappa shape index (κ1) is 29.9. The monoisotopic (exact) mass is 650 g/mol. The Hall–Kier alpha value is -4.16. The van der Waals surface area contributed by atoms with Gasteiger partial charge in [0.05, 0.1) is 33.3 Å². The van der Waals surface area contributed by atoms with Crippen LogP contribution in [-0.2, 0) is 16.1 Å². The van der Waals surface area contributed by atoms with Gasteiger partial charge >= 0.3 is 12.1 Å². The molecule has 2 fully saturated rings. The van der Waals surface area contributed by atoms with Crippen LogP contribution in [0, 0.1) is 11.8 Å². The number of aromatic nitrogens is 1. The van der Waals surface area contributed by atoms with Crippen LogP contribution in [0.4, 0.5) is 10.5 Å². The number of hydrogen-bond donors (Lipinski definition) is 1. The van der Waals surface area contributed by atoms with Crippen molar-refractivity contribution in [2.45, 2.75) is 44.3 Å². The molecule has 0 unspecified atom stereocenters. The number of rotatable bonds is 8. The van der Waals surface area contributed by atoms with E-state index in [9.17, 15) is 9.59 Å². The summed E-state index contributed by atoms with van der Waals surface area (Å²) in [4.78, 5) is 24.4. The van der Waals surface area contributed by atoms with E-state index in [1.54, 1.807) is 48.5 Å². The summed E-state index contributed by atoms with van der Waals surface area (Å²) in [5, 5.41) is 8.25. The van der Waals surface area contributed by atoms with Gasteiger partial charge in [0.15, 0.2) is 0 Å². The molecule has 2 aliphatic rings. The number of halogens is 3. The second-order valence-electron chi connectivity index (χ2n) is 10.4. The summed E-state index contributed by atoms with van der Waals surface area (Å²) >= 11 is 19.5. The molecule has 1 N–H and O–H groups in total. The van der Waals surface area contributed by atoms with Crippen LogP contribution in [0.3, 0.4) is 0 Å². The van der Waals surface area contributed by atoms with Crippen molar-refractivity contribution >= 4 is 52.6 Å². The normalized spacial score (nSPS) is 13.9. The third-order valence-corrected chi connectivity index (χ3v) is 7.97. The van der Waals surface area contributed by atoms with Crippen LogP contribution in [-0.4, -0.2) is 30.4 Å². The predicted octanol–water partition coefficient (Wildman–Crippen LogP) is 8.66. The van der Waals surface area contributed by atoms with Gasteiger partial charge in [0.2, 0.25) is 0 Å². The average molecular weight is 652 g/mol. The number of nitrogens with zero attached hydrogens (tertiary/aromatic N) is 1. The Labute approximate surface area is 268 Å². The molecule has 44 heavy (non-hydrogen) atoms. The maximum absolute atomic E-state index is 12.2. The van der Waals surface area contributed by atoms with E-state index in [2.05, 4.69) is 22.3 Å². The van der Waals surface area contributed by atoms with Crippen molar-refractivity contribution in [3.05, 3.63) is 97.7 Å². The molecule has 8 nitrogen and oxygen atoms in total. The summed E-state index contributed by atoms with van der Waals surface area (Å²) in [6.07, 6.45) is 3.06. The van der Waals surface area contributed by atoms with Crippen molar-refractivity contribution in [2.24, 2.45) is 0 Å². The minimum atomic E-state index is -0.593. The van der Waals surface area contributed by atoms with Crippen LogP contribution in [0.15, 0.2) is 59.1 Å². The van der Waals surface area contributed by atoms with Gasteiger partial charge in [0, 0.05) is 34.4 Å². The lowest BCUT2D eigenvalue weighted by Gasteiger charge is -2.10. The average Bonchev–Trinajstić information content (AvgIpc) is 3.95. The minimum Gasteiger partial charge on any atom is -0.489 e. The molecule has 1 amide bonds. The number of benzene rings is 3. The maximum atomic E-state index is 12.2. The molecule has 0 saturated heterocycles. The van der Waals surface area contributed by atoms with Gasteiger partial charge in [-0.25, -0.2) is 9.59 Å². The number of methoxy groups -OCH3 is 1. The number of nitrogens with one attached hydrogen (secondary N) is 1. The lowest BCUT2D eigenvalue weighted by atomic mass is 10.0. The van der Waals surface area contributed by atoms with Crippen LogP contribution in [0.2, 0.25) is 15.1 Å². The molecule has 11 heteroatoms. The standard InChI is InChI=1S/C33H25Cl3N2O6/c1-41-32(39)21-13-18(14-22(15-21)37-33(40)43-23-11-12-23)5-6-19-9-10-24(16-28(19)36)42-17-25-30(38-44-31(25)20-7-8-20)29-26(34)3-2-4-27(29)35/h2-4,9-10,13-16,20,23H,7-8,11-12,17H2,1H3,(H,37,40). The van der Waals surface area contributed by atoms with E-state index in [1.807, 2.05) is 0 Å². The summed E-state index contributed by atoms with van der Waals surface area (Å²) in [5.74, 6) is 7.04. The van der Waals surface area contributed by atoms with Gasteiger partial charge in [-0.2, -0.15) is 0 Å². The zero-order valence-electron chi connectivity index (χ0n) is 23.4. The van der Waals surface area contributed by atoms with Crippen LogP contribution >= 0.6 is 34.8 Å². The molecule has 1 heterocycles. The van der Waals surface area contributed by atoms with Crippen molar-refractivity contribution in [3.8, 4) is 28.8 Å². The summed E-state index contributed by atoms with van der Waals surface area (Å²) in [5.41, 5.74) is 3.54. The smallest absolute Gasteiger partial charge is 0.411 e. The number of hydrogen-bond acceptors (Lipinski definition) is 7. The summed E-state index contributed by atoms with van der Waals surface area (Å²) in [6.45, 7) is 0.173. The molecule has 0 radical (unpaired) electrons. The molecule has 0 aliphatic heterocycles.